The minimum absolute atomic E-state index is 0.197. The molecule has 0 saturated carbocycles. The number of rotatable bonds is 8. The summed E-state index contributed by atoms with van der Waals surface area (Å²) >= 11 is 5.03. The number of nitrogens with one attached hydrogen (secondary N) is 1. The fourth-order valence-electron chi connectivity index (χ4n) is 3.04. The Labute approximate surface area is 183 Å². The van der Waals surface area contributed by atoms with Gasteiger partial charge in [0.15, 0.2) is 11.5 Å². The highest BCUT2D eigenvalue weighted by molar-refractivity contribution is 9.10. The van der Waals surface area contributed by atoms with Gasteiger partial charge in [0, 0.05) is 15.8 Å². The van der Waals surface area contributed by atoms with Crippen LogP contribution in [0.2, 0.25) is 0 Å². The van der Waals surface area contributed by atoms with Crippen LogP contribution in [-0.2, 0) is 4.79 Å². The van der Waals surface area contributed by atoms with Gasteiger partial charge in [0.05, 0.1) is 12.5 Å². The molecule has 1 heterocycles. The molecule has 1 fully saturated rings. The molecule has 8 heteroatoms. The van der Waals surface area contributed by atoms with Gasteiger partial charge in [0.25, 0.3) is 0 Å². The summed E-state index contributed by atoms with van der Waals surface area (Å²) in [4.78, 5) is 11.3. The van der Waals surface area contributed by atoms with E-state index < -0.39 is 12.0 Å². The first-order valence-corrected chi connectivity index (χ1v) is 11.0. The molecule has 0 spiro atoms. The van der Waals surface area contributed by atoms with Crippen LogP contribution in [-0.4, -0.2) is 43.2 Å². The van der Waals surface area contributed by atoms with E-state index in [0.717, 1.165) is 26.9 Å². The van der Waals surface area contributed by atoms with Crippen LogP contribution in [0.1, 0.15) is 22.1 Å². The number of hydrogen-bond acceptors (Lipinski definition) is 6. The predicted molar refractivity (Wildman–Crippen MR) is 117 cm³/mol. The highest BCUT2D eigenvalue weighted by Gasteiger charge is 2.33. The van der Waals surface area contributed by atoms with Gasteiger partial charge >= 0.3 is 5.97 Å². The quantitative estimate of drug-likeness (QED) is 0.543. The Morgan fingerprint density at radius 2 is 1.97 bits per heavy atom. The number of carboxylic acids is 1. The van der Waals surface area contributed by atoms with Gasteiger partial charge in [0.2, 0.25) is 0 Å². The molecular formula is C21H24BrNO5S. The lowest BCUT2D eigenvalue weighted by atomic mass is 10.1. The first-order valence-electron chi connectivity index (χ1n) is 9.19. The van der Waals surface area contributed by atoms with E-state index in [2.05, 4.69) is 21.2 Å². The highest BCUT2D eigenvalue weighted by atomic mass is 79.9. The SMILES string of the molecule is COc1cc(Br)cc(C2NC(C(=O)O)CS2)c1OCCOc1cc(C)ccc1C. The van der Waals surface area contributed by atoms with Crippen LogP contribution >= 0.6 is 27.7 Å². The molecule has 1 aliphatic rings. The third-order valence-corrected chi connectivity index (χ3v) is 6.27. The molecule has 29 heavy (non-hydrogen) atoms. The minimum Gasteiger partial charge on any atom is -0.493 e. The smallest absolute Gasteiger partial charge is 0.321 e. The largest absolute Gasteiger partial charge is 0.493 e. The van der Waals surface area contributed by atoms with Crippen LogP contribution in [0.3, 0.4) is 0 Å². The maximum absolute atomic E-state index is 11.3. The van der Waals surface area contributed by atoms with Crippen molar-refractivity contribution in [3.05, 3.63) is 51.5 Å². The summed E-state index contributed by atoms with van der Waals surface area (Å²) in [5.74, 6) is 1.66. The number of carboxylic acid groups (broad SMARTS) is 1. The molecular weight excluding hydrogens is 458 g/mol. The first-order chi connectivity index (χ1) is 13.9. The summed E-state index contributed by atoms with van der Waals surface area (Å²) in [6.45, 7) is 4.75. The zero-order chi connectivity index (χ0) is 21.0. The summed E-state index contributed by atoms with van der Waals surface area (Å²) < 4.78 is 18.3. The lowest BCUT2D eigenvalue weighted by Gasteiger charge is -2.20. The summed E-state index contributed by atoms with van der Waals surface area (Å²) in [5, 5.41) is 12.2. The number of aryl methyl sites for hydroxylation is 2. The monoisotopic (exact) mass is 481 g/mol. The maximum Gasteiger partial charge on any atom is 0.321 e. The van der Waals surface area contributed by atoms with E-state index in [9.17, 15) is 9.90 Å². The highest BCUT2D eigenvalue weighted by Crippen LogP contribution is 2.44. The number of methoxy groups -OCH3 is 1. The Hall–Kier alpha value is -1.90. The topological polar surface area (TPSA) is 77.0 Å². The van der Waals surface area contributed by atoms with E-state index in [0.29, 0.717) is 30.5 Å². The molecule has 0 amide bonds. The number of aliphatic carboxylic acids is 1. The number of thioether (sulfide) groups is 1. The van der Waals surface area contributed by atoms with Crippen molar-refractivity contribution in [2.24, 2.45) is 0 Å². The van der Waals surface area contributed by atoms with E-state index in [4.69, 9.17) is 14.2 Å². The Balaban J connectivity index is 1.72. The Morgan fingerprint density at radius 3 is 2.66 bits per heavy atom. The van der Waals surface area contributed by atoms with Gasteiger partial charge in [-0.1, -0.05) is 28.1 Å². The van der Waals surface area contributed by atoms with Crippen molar-refractivity contribution in [3.8, 4) is 17.2 Å². The van der Waals surface area contributed by atoms with Crippen molar-refractivity contribution in [2.45, 2.75) is 25.3 Å². The fraction of sp³-hybridized carbons (Fsp3) is 0.381. The predicted octanol–water partition coefficient (Wildman–Crippen LogP) is 4.32. The van der Waals surface area contributed by atoms with E-state index in [-0.39, 0.29) is 5.37 Å². The molecule has 0 bridgehead atoms. The van der Waals surface area contributed by atoms with E-state index >= 15 is 0 Å². The van der Waals surface area contributed by atoms with Gasteiger partial charge in [-0.2, -0.15) is 0 Å². The average molecular weight is 482 g/mol. The molecule has 0 radical (unpaired) electrons. The second kappa shape index (κ2) is 9.73. The number of benzene rings is 2. The van der Waals surface area contributed by atoms with Gasteiger partial charge < -0.3 is 19.3 Å². The molecule has 2 N–H and O–H groups in total. The zero-order valence-electron chi connectivity index (χ0n) is 16.5. The molecule has 0 aromatic heterocycles. The molecule has 6 nitrogen and oxygen atoms in total. The lowest BCUT2D eigenvalue weighted by Crippen LogP contribution is -2.33. The van der Waals surface area contributed by atoms with Crippen molar-refractivity contribution in [1.29, 1.82) is 0 Å². The van der Waals surface area contributed by atoms with E-state index in [1.165, 1.54) is 11.8 Å². The van der Waals surface area contributed by atoms with Crippen molar-refractivity contribution < 1.29 is 24.1 Å². The summed E-state index contributed by atoms with van der Waals surface area (Å²) in [6.07, 6.45) is 0. The average Bonchev–Trinajstić information content (AvgIpc) is 3.18. The first kappa shape index (κ1) is 21.8. The molecule has 156 valence electrons. The van der Waals surface area contributed by atoms with E-state index in [1.807, 2.05) is 44.2 Å². The second-order valence-corrected chi connectivity index (χ2v) is 8.82. The minimum atomic E-state index is -0.855. The lowest BCUT2D eigenvalue weighted by molar-refractivity contribution is -0.138. The maximum atomic E-state index is 11.3. The van der Waals surface area contributed by atoms with Gasteiger partial charge in [0.1, 0.15) is 25.0 Å². The van der Waals surface area contributed by atoms with Crippen molar-refractivity contribution >= 4 is 33.7 Å². The molecule has 1 aliphatic heterocycles. The molecule has 2 atom stereocenters. The summed E-state index contributed by atoms with van der Waals surface area (Å²) in [7, 11) is 1.58. The standard InChI is InChI=1S/C21H24BrNO5S/c1-12-4-5-13(2)17(8-12)27-6-7-28-19-15(9-14(22)10-18(19)26-3)20-23-16(11-29-20)21(24)25/h4-5,8-10,16,20,23H,6-7,11H2,1-3H3,(H,24,25). The van der Waals surface area contributed by atoms with Crippen LogP contribution in [0, 0.1) is 13.8 Å². The van der Waals surface area contributed by atoms with E-state index in [1.54, 1.807) is 7.11 Å². The molecule has 1 saturated heterocycles. The molecule has 2 aromatic rings. The third kappa shape index (κ3) is 5.38. The normalized spacial score (nSPS) is 18.5. The zero-order valence-corrected chi connectivity index (χ0v) is 18.9. The van der Waals surface area contributed by atoms with Crippen molar-refractivity contribution in [1.82, 2.24) is 5.32 Å². The Kier molecular flexibility index (Phi) is 7.32. The molecule has 0 aliphatic carbocycles. The fourth-order valence-corrected chi connectivity index (χ4v) is 4.73. The van der Waals surface area contributed by atoms with Gasteiger partial charge in [-0.3, -0.25) is 10.1 Å². The van der Waals surface area contributed by atoms with Gasteiger partial charge in [-0.15, -0.1) is 11.8 Å². The van der Waals surface area contributed by atoms with Gasteiger partial charge in [-0.05, 0) is 43.2 Å². The second-order valence-electron chi connectivity index (χ2n) is 6.76. The number of halogens is 1. The molecule has 2 aromatic carbocycles. The number of carbonyl (C=O) groups is 1. The van der Waals surface area contributed by atoms with Crippen LogP contribution in [0.25, 0.3) is 0 Å². The summed E-state index contributed by atoms with van der Waals surface area (Å²) in [6, 6.07) is 9.26. The number of ether oxygens (including phenoxy) is 3. The van der Waals surface area contributed by atoms with Crippen molar-refractivity contribution in [3.63, 3.8) is 0 Å². The summed E-state index contributed by atoms with van der Waals surface area (Å²) in [5.41, 5.74) is 3.06. The Bertz CT molecular complexity index is 892. The molecule has 3 rings (SSSR count). The van der Waals surface area contributed by atoms with Crippen LogP contribution in [0.15, 0.2) is 34.8 Å². The van der Waals surface area contributed by atoms with Crippen molar-refractivity contribution in [2.75, 3.05) is 26.1 Å². The van der Waals surface area contributed by atoms with Crippen LogP contribution < -0.4 is 19.5 Å². The Morgan fingerprint density at radius 1 is 1.21 bits per heavy atom. The third-order valence-electron chi connectivity index (χ3n) is 4.56. The molecule has 2 unspecified atom stereocenters. The number of hydrogen-bond donors (Lipinski definition) is 2. The van der Waals surface area contributed by atoms with Gasteiger partial charge in [-0.25, -0.2) is 0 Å². The van der Waals surface area contributed by atoms with Crippen LogP contribution in [0.4, 0.5) is 0 Å². The van der Waals surface area contributed by atoms with Crippen LogP contribution in [0.5, 0.6) is 17.2 Å².